The van der Waals surface area contributed by atoms with Gasteiger partial charge < -0.3 is 15.8 Å². The molecule has 6 heteroatoms. The molecule has 1 saturated heterocycles. The lowest BCUT2D eigenvalue weighted by molar-refractivity contribution is -0.124. The number of thiophene rings is 1. The summed E-state index contributed by atoms with van der Waals surface area (Å²) in [5.74, 6) is 0.0503. The fraction of sp³-hybridized carbons (Fsp3) is 0.625. The van der Waals surface area contributed by atoms with Crippen molar-refractivity contribution in [2.24, 2.45) is 11.7 Å². The molecule has 1 aromatic heterocycles. The number of amides is 2. The molecule has 1 aliphatic heterocycles. The molecule has 1 aliphatic carbocycles. The van der Waals surface area contributed by atoms with Crippen LogP contribution in [-0.2, 0) is 22.4 Å². The Morgan fingerprint density at radius 2 is 2.23 bits per heavy atom. The first-order chi connectivity index (χ1) is 10.6. The van der Waals surface area contributed by atoms with Crippen molar-refractivity contribution in [3.8, 4) is 0 Å². The molecule has 120 valence electrons. The molecule has 0 aromatic carbocycles. The quantitative estimate of drug-likeness (QED) is 0.893. The number of hydrogen-bond donors (Lipinski definition) is 2. The Bertz CT molecular complexity index is 590. The maximum atomic E-state index is 12.2. The van der Waals surface area contributed by atoms with Gasteiger partial charge in [0.2, 0.25) is 0 Å². The number of anilines is 1. The van der Waals surface area contributed by atoms with Crippen LogP contribution in [0, 0.1) is 5.92 Å². The van der Waals surface area contributed by atoms with Gasteiger partial charge in [-0.25, -0.2) is 0 Å². The predicted molar refractivity (Wildman–Crippen MR) is 86.2 cm³/mol. The van der Waals surface area contributed by atoms with Crippen LogP contribution in [0.1, 0.15) is 53.4 Å². The van der Waals surface area contributed by atoms with E-state index in [2.05, 4.69) is 12.2 Å². The number of carbonyl (C=O) groups excluding carboxylic acids is 2. The number of hydrogen-bond acceptors (Lipinski definition) is 4. The lowest BCUT2D eigenvalue weighted by atomic mass is 9.85. The normalized spacial score (nSPS) is 24.0. The summed E-state index contributed by atoms with van der Waals surface area (Å²) in [7, 11) is 0. The molecule has 2 aliphatic rings. The molecular weight excluding hydrogens is 300 g/mol. The average Bonchev–Trinajstić information content (AvgIpc) is 3.13. The fourth-order valence-corrected chi connectivity index (χ4v) is 4.70. The summed E-state index contributed by atoms with van der Waals surface area (Å²) < 4.78 is 5.40. The van der Waals surface area contributed by atoms with Crippen molar-refractivity contribution in [2.45, 2.75) is 51.6 Å². The van der Waals surface area contributed by atoms with Crippen molar-refractivity contribution in [3.63, 3.8) is 0 Å². The molecule has 2 atom stereocenters. The van der Waals surface area contributed by atoms with E-state index in [9.17, 15) is 9.59 Å². The summed E-state index contributed by atoms with van der Waals surface area (Å²) >= 11 is 1.51. The van der Waals surface area contributed by atoms with Crippen molar-refractivity contribution < 1.29 is 14.3 Å². The first-order valence-electron chi connectivity index (χ1n) is 7.97. The number of carbonyl (C=O) groups is 2. The van der Waals surface area contributed by atoms with Crippen LogP contribution in [0.5, 0.6) is 0 Å². The van der Waals surface area contributed by atoms with E-state index in [0.717, 1.165) is 44.1 Å². The standard InChI is InChI=1S/C16H22N2O3S/c1-2-9-5-6-10-12(8-9)22-16(13(10)14(17)19)18-15(20)11-4-3-7-21-11/h9,11H,2-8H2,1H3,(H2,17,19)(H,18,20). The molecule has 2 heterocycles. The van der Waals surface area contributed by atoms with E-state index in [1.54, 1.807) is 0 Å². The second-order valence-corrected chi connectivity index (χ2v) is 7.19. The van der Waals surface area contributed by atoms with Gasteiger partial charge in [0.1, 0.15) is 11.1 Å². The van der Waals surface area contributed by atoms with Gasteiger partial charge in [0, 0.05) is 11.5 Å². The van der Waals surface area contributed by atoms with Gasteiger partial charge >= 0.3 is 0 Å². The van der Waals surface area contributed by atoms with E-state index < -0.39 is 12.0 Å². The third-order valence-corrected chi connectivity index (χ3v) is 5.82. The predicted octanol–water partition coefficient (Wildman–Crippen LogP) is 2.48. The number of ether oxygens (including phenoxy) is 1. The van der Waals surface area contributed by atoms with Crippen LogP contribution in [0.4, 0.5) is 5.00 Å². The second-order valence-electron chi connectivity index (χ2n) is 6.08. The zero-order valence-corrected chi connectivity index (χ0v) is 13.6. The van der Waals surface area contributed by atoms with Crippen LogP contribution in [-0.4, -0.2) is 24.5 Å². The Hall–Kier alpha value is -1.40. The summed E-state index contributed by atoms with van der Waals surface area (Å²) in [5.41, 5.74) is 7.13. The van der Waals surface area contributed by atoms with Gasteiger partial charge in [-0.05, 0) is 43.6 Å². The van der Waals surface area contributed by atoms with Crippen LogP contribution in [0.3, 0.4) is 0 Å². The van der Waals surface area contributed by atoms with E-state index in [1.807, 2.05) is 0 Å². The van der Waals surface area contributed by atoms with Gasteiger partial charge in [0.25, 0.3) is 11.8 Å². The summed E-state index contributed by atoms with van der Waals surface area (Å²) in [5, 5.41) is 3.48. The Balaban J connectivity index is 1.85. The highest BCUT2D eigenvalue weighted by molar-refractivity contribution is 7.17. The van der Waals surface area contributed by atoms with Gasteiger partial charge in [0.05, 0.1) is 5.56 Å². The van der Waals surface area contributed by atoms with Crippen molar-refractivity contribution in [1.82, 2.24) is 0 Å². The van der Waals surface area contributed by atoms with Crippen molar-refractivity contribution in [2.75, 3.05) is 11.9 Å². The Kier molecular flexibility index (Phi) is 4.49. The van der Waals surface area contributed by atoms with Crippen molar-refractivity contribution in [3.05, 3.63) is 16.0 Å². The first-order valence-corrected chi connectivity index (χ1v) is 8.78. The molecule has 1 fully saturated rings. The summed E-state index contributed by atoms with van der Waals surface area (Å²) in [4.78, 5) is 25.3. The highest BCUT2D eigenvalue weighted by Crippen LogP contribution is 2.40. The largest absolute Gasteiger partial charge is 0.368 e. The number of fused-ring (bicyclic) bond motifs is 1. The minimum absolute atomic E-state index is 0.161. The van der Waals surface area contributed by atoms with Crippen LogP contribution < -0.4 is 11.1 Å². The Labute approximate surface area is 134 Å². The van der Waals surface area contributed by atoms with Crippen LogP contribution in [0.25, 0.3) is 0 Å². The monoisotopic (exact) mass is 322 g/mol. The van der Waals surface area contributed by atoms with Crippen LogP contribution in [0.2, 0.25) is 0 Å². The molecule has 2 unspecified atom stereocenters. The minimum Gasteiger partial charge on any atom is -0.368 e. The number of nitrogens with one attached hydrogen (secondary N) is 1. The molecule has 2 amide bonds. The molecule has 3 N–H and O–H groups in total. The highest BCUT2D eigenvalue weighted by Gasteiger charge is 2.30. The number of rotatable bonds is 4. The van der Waals surface area contributed by atoms with E-state index in [4.69, 9.17) is 10.5 Å². The zero-order chi connectivity index (χ0) is 15.7. The third kappa shape index (κ3) is 2.90. The van der Waals surface area contributed by atoms with E-state index in [0.29, 0.717) is 23.1 Å². The molecule has 0 spiro atoms. The maximum absolute atomic E-state index is 12.2. The lowest BCUT2D eigenvalue weighted by Gasteiger charge is -2.20. The molecule has 1 aromatic rings. The van der Waals surface area contributed by atoms with Gasteiger partial charge in [-0.1, -0.05) is 13.3 Å². The van der Waals surface area contributed by atoms with Gasteiger partial charge in [-0.15, -0.1) is 11.3 Å². The minimum atomic E-state index is -0.449. The van der Waals surface area contributed by atoms with Gasteiger partial charge in [0.15, 0.2) is 0 Å². The average molecular weight is 322 g/mol. The SMILES string of the molecule is CCC1CCc2c(sc(NC(=O)C3CCCO3)c2C(N)=O)C1. The molecule has 0 radical (unpaired) electrons. The fourth-order valence-electron chi connectivity index (χ4n) is 3.33. The zero-order valence-electron chi connectivity index (χ0n) is 12.8. The topological polar surface area (TPSA) is 81.4 Å². The van der Waals surface area contributed by atoms with Crippen molar-refractivity contribution in [1.29, 1.82) is 0 Å². The summed E-state index contributed by atoms with van der Waals surface area (Å²) in [6.07, 6.45) is 5.31. The smallest absolute Gasteiger partial charge is 0.254 e. The summed E-state index contributed by atoms with van der Waals surface area (Å²) in [6, 6.07) is 0. The molecule has 0 bridgehead atoms. The Morgan fingerprint density at radius 1 is 1.41 bits per heavy atom. The molecule has 5 nitrogen and oxygen atoms in total. The second kappa shape index (κ2) is 6.38. The van der Waals surface area contributed by atoms with Crippen LogP contribution in [0.15, 0.2) is 0 Å². The summed E-state index contributed by atoms with van der Waals surface area (Å²) in [6.45, 7) is 2.82. The number of primary amides is 1. The van der Waals surface area contributed by atoms with E-state index in [-0.39, 0.29) is 5.91 Å². The Morgan fingerprint density at radius 3 is 2.86 bits per heavy atom. The number of nitrogens with two attached hydrogens (primary N) is 1. The van der Waals surface area contributed by atoms with Gasteiger partial charge in [-0.2, -0.15) is 0 Å². The van der Waals surface area contributed by atoms with Crippen LogP contribution >= 0.6 is 11.3 Å². The molecular formula is C16H22N2O3S. The highest BCUT2D eigenvalue weighted by atomic mass is 32.1. The molecule has 22 heavy (non-hydrogen) atoms. The first kappa shape index (κ1) is 15.5. The third-order valence-electron chi connectivity index (χ3n) is 4.65. The van der Waals surface area contributed by atoms with E-state index >= 15 is 0 Å². The van der Waals surface area contributed by atoms with Gasteiger partial charge in [-0.3, -0.25) is 9.59 Å². The maximum Gasteiger partial charge on any atom is 0.254 e. The lowest BCUT2D eigenvalue weighted by Crippen LogP contribution is -2.27. The van der Waals surface area contributed by atoms with E-state index in [1.165, 1.54) is 16.2 Å². The molecule has 3 rings (SSSR count). The van der Waals surface area contributed by atoms with Crippen molar-refractivity contribution >= 4 is 28.2 Å². The molecule has 0 saturated carbocycles.